The fourth-order valence-electron chi connectivity index (χ4n) is 3.59. The van der Waals surface area contributed by atoms with Gasteiger partial charge in [-0.25, -0.2) is 14.2 Å². The number of cyclic esters (lactones) is 1. The molecule has 0 aromatic heterocycles. The predicted octanol–water partition coefficient (Wildman–Crippen LogP) is 5.42. The van der Waals surface area contributed by atoms with Crippen molar-refractivity contribution in [2.75, 3.05) is 31.2 Å². The minimum Gasteiger partial charge on any atom is -0.402 e. The van der Waals surface area contributed by atoms with Crippen LogP contribution in [-0.4, -0.2) is 38.2 Å². The SMILES string of the molecule is O=C1OC(c2ccc(N=Nc3ccc(N4CCOCC4)cc3)cc2)=N/C1=C/c1ccc(F)cc1. The van der Waals surface area contributed by atoms with E-state index in [1.54, 1.807) is 42.5 Å². The van der Waals surface area contributed by atoms with Crippen molar-refractivity contribution >= 4 is 35.0 Å². The number of halogens is 1. The molecule has 0 saturated carbocycles. The van der Waals surface area contributed by atoms with Crippen molar-refractivity contribution in [3.8, 4) is 0 Å². The molecule has 34 heavy (non-hydrogen) atoms. The Hall–Kier alpha value is -4.17. The van der Waals surface area contributed by atoms with E-state index in [1.165, 1.54) is 12.1 Å². The smallest absolute Gasteiger partial charge is 0.363 e. The number of hydrogen-bond donors (Lipinski definition) is 0. The normalized spacial score (nSPS) is 17.3. The van der Waals surface area contributed by atoms with Crippen molar-refractivity contribution in [2.24, 2.45) is 15.2 Å². The fraction of sp³-hybridized carbons (Fsp3) is 0.154. The molecule has 2 aliphatic heterocycles. The summed E-state index contributed by atoms with van der Waals surface area (Å²) in [7, 11) is 0. The lowest BCUT2D eigenvalue weighted by atomic mass is 10.2. The van der Waals surface area contributed by atoms with Gasteiger partial charge in [-0.1, -0.05) is 12.1 Å². The monoisotopic (exact) mass is 456 g/mol. The highest BCUT2D eigenvalue weighted by molar-refractivity contribution is 6.12. The van der Waals surface area contributed by atoms with Gasteiger partial charge in [-0.2, -0.15) is 10.2 Å². The van der Waals surface area contributed by atoms with Crippen LogP contribution in [0.4, 0.5) is 21.5 Å². The van der Waals surface area contributed by atoms with E-state index in [0.717, 1.165) is 37.7 Å². The summed E-state index contributed by atoms with van der Waals surface area (Å²) in [6.45, 7) is 3.26. The lowest BCUT2D eigenvalue weighted by molar-refractivity contribution is -0.129. The quantitative estimate of drug-likeness (QED) is 0.292. The number of aliphatic imine (C=N–C) groups is 1. The van der Waals surface area contributed by atoms with Gasteiger partial charge >= 0.3 is 5.97 Å². The number of nitrogens with zero attached hydrogens (tertiary/aromatic N) is 4. The maximum atomic E-state index is 13.1. The molecule has 0 aliphatic carbocycles. The van der Waals surface area contributed by atoms with Crippen LogP contribution in [0.1, 0.15) is 11.1 Å². The molecule has 2 aliphatic rings. The summed E-state index contributed by atoms with van der Waals surface area (Å²) in [5.41, 5.74) is 4.02. The third kappa shape index (κ3) is 5.07. The Kier molecular flexibility index (Phi) is 6.22. The van der Waals surface area contributed by atoms with Crippen LogP contribution in [0.3, 0.4) is 0 Å². The fourth-order valence-corrected chi connectivity index (χ4v) is 3.59. The van der Waals surface area contributed by atoms with Crippen LogP contribution in [0.2, 0.25) is 0 Å². The Morgan fingerprint density at radius 3 is 2.12 bits per heavy atom. The Morgan fingerprint density at radius 2 is 1.47 bits per heavy atom. The molecule has 8 heteroatoms. The lowest BCUT2D eigenvalue weighted by Gasteiger charge is -2.28. The first-order valence-corrected chi connectivity index (χ1v) is 10.9. The van der Waals surface area contributed by atoms with Gasteiger partial charge in [0.05, 0.1) is 24.6 Å². The number of rotatable bonds is 5. The van der Waals surface area contributed by atoms with Crippen molar-refractivity contribution in [1.82, 2.24) is 0 Å². The summed E-state index contributed by atoms with van der Waals surface area (Å²) in [6, 6.07) is 20.8. The van der Waals surface area contributed by atoms with Crippen LogP contribution in [-0.2, 0) is 14.3 Å². The first kappa shape index (κ1) is 21.7. The summed E-state index contributed by atoms with van der Waals surface area (Å²) in [5, 5.41) is 8.58. The molecule has 0 amide bonds. The number of hydrogen-bond acceptors (Lipinski definition) is 7. The van der Waals surface area contributed by atoms with Gasteiger partial charge in [0.2, 0.25) is 5.90 Å². The van der Waals surface area contributed by atoms with Gasteiger partial charge in [0, 0.05) is 24.3 Å². The third-order valence-corrected chi connectivity index (χ3v) is 5.42. The van der Waals surface area contributed by atoms with Crippen molar-refractivity contribution in [1.29, 1.82) is 0 Å². The number of azo groups is 1. The number of ether oxygens (including phenoxy) is 2. The molecule has 3 aromatic rings. The molecule has 3 aromatic carbocycles. The van der Waals surface area contributed by atoms with Gasteiger partial charge in [0.25, 0.3) is 0 Å². The summed E-state index contributed by atoms with van der Waals surface area (Å²) in [5.74, 6) is -0.688. The summed E-state index contributed by atoms with van der Waals surface area (Å²) >= 11 is 0. The summed E-state index contributed by atoms with van der Waals surface area (Å²) < 4.78 is 23.8. The van der Waals surface area contributed by atoms with Gasteiger partial charge < -0.3 is 14.4 Å². The molecule has 1 saturated heterocycles. The molecule has 0 spiro atoms. The molecular formula is C26H21FN4O3. The second-order valence-electron chi connectivity index (χ2n) is 7.75. The lowest BCUT2D eigenvalue weighted by Crippen LogP contribution is -2.36. The topological polar surface area (TPSA) is 75.8 Å². The van der Waals surface area contributed by atoms with E-state index >= 15 is 0 Å². The first-order valence-electron chi connectivity index (χ1n) is 10.9. The maximum absolute atomic E-state index is 13.1. The minimum atomic E-state index is -0.552. The van der Waals surface area contributed by atoms with Crippen molar-refractivity contribution in [3.05, 3.63) is 95.4 Å². The molecule has 0 unspecified atom stereocenters. The number of morpholine rings is 1. The molecule has 0 atom stereocenters. The van der Waals surface area contributed by atoms with E-state index in [2.05, 4.69) is 20.1 Å². The second-order valence-corrected chi connectivity index (χ2v) is 7.75. The van der Waals surface area contributed by atoms with E-state index < -0.39 is 5.97 Å². The average Bonchev–Trinajstić information content (AvgIpc) is 3.25. The van der Waals surface area contributed by atoms with Crippen molar-refractivity contribution in [2.45, 2.75) is 0 Å². The van der Waals surface area contributed by atoms with Crippen LogP contribution in [0.15, 0.2) is 93.7 Å². The molecule has 5 rings (SSSR count). The molecule has 0 radical (unpaired) electrons. The number of anilines is 1. The number of carbonyl (C=O) groups excluding carboxylic acids is 1. The number of esters is 1. The van der Waals surface area contributed by atoms with E-state index in [9.17, 15) is 9.18 Å². The first-order chi connectivity index (χ1) is 16.6. The third-order valence-electron chi connectivity index (χ3n) is 5.42. The molecule has 2 heterocycles. The largest absolute Gasteiger partial charge is 0.402 e. The van der Waals surface area contributed by atoms with Crippen LogP contribution in [0.5, 0.6) is 0 Å². The van der Waals surface area contributed by atoms with Gasteiger partial charge in [-0.05, 0) is 72.3 Å². The van der Waals surface area contributed by atoms with E-state index in [0.29, 0.717) is 16.8 Å². The van der Waals surface area contributed by atoms with Gasteiger partial charge in [0.15, 0.2) is 5.70 Å². The van der Waals surface area contributed by atoms with Crippen molar-refractivity contribution < 1.29 is 18.7 Å². The molecule has 0 N–H and O–H groups in total. The Morgan fingerprint density at radius 1 is 0.853 bits per heavy atom. The average molecular weight is 456 g/mol. The maximum Gasteiger partial charge on any atom is 0.363 e. The van der Waals surface area contributed by atoms with Crippen LogP contribution in [0, 0.1) is 5.82 Å². The zero-order valence-electron chi connectivity index (χ0n) is 18.2. The molecular weight excluding hydrogens is 435 g/mol. The highest BCUT2D eigenvalue weighted by Gasteiger charge is 2.24. The zero-order chi connectivity index (χ0) is 23.3. The van der Waals surface area contributed by atoms with Gasteiger partial charge in [-0.15, -0.1) is 0 Å². The zero-order valence-corrected chi connectivity index (χ0v) is 18.2. The highest BCUT2D eigenvalue weighted by atomic mass is 19.1. The van der Waals surface area contributed by atoms with Crippen LogP contribution < -0.4 is 4.90 Å². The Bertz CT molecular complexity index is 1260. The predicted molar refractivity (Wildman–Crippen MR) is 127 cm³/mol. The number of benzene rings is 3. The van der Waals surface area contributed by atoms with E-state index in [-0.39, 0.29) is 17.4 Å². The number of carbonyl (C=O) groups is 1. The molecule has 170 valence electrons. The van der Waals surface area contributed by atoms with Crippen molar-refractivity contribution in [3.63, 3.8) is 0 Å². The van der Waals surface area contributed by atoms with E-state index in [4.69, 9.17) is 9.47 Å². The summed E-state index contributed by atoms with van der Waals surface area (Å²) in [6.07, 6.45) is 1.56. The van der Waals surface area contributed by atoms with Crippen LogP contribution >= 0.6 is 0 Å². The molecule has 1 fully saturated rings. The Labute approximate surface area is 195 Å². The van der Waals surface area contributed by atoms with E-state index in [1.807, 2.05) is 24.3 Å². The molecule has 0 bridgehead atoms. The van der Waals surface area contributed by atoms with Crippen LogP contribution in [0.25, 0.3) is 6.08 Å². The highest BCUT2D eigenvalue weighted by Crippen LogP contribution is 2.24. The minimum absolute atomic E-state index is 0.158. The standard InChI is InChI=1S/C26H21FN4O3/c27-20-5-1-18(2-6-20)17-24-26(32)34-25(28-24)19-3-7-21(8-4-19)29-30-22-9-11-23(12-10-22)31-13-15-33-16-14-31/h1-12,17H,13-16H2/b24-17+,30-29?. The Balaban J connectivity index is 1.25. The molecule has 7 nitrogen and oxygen atoms in total. The summed E-state index contributed by atoms with van der Waals surface area (Å²) in [4.78, 5) is 18.7. The van der Waals surface area contributed by atoms with Gasteiger partial charge in [0.1, 0.15) is 5.82 Å². The second kappa shape index (κ2) is 9.76. The van der Waals surface area contributed by atoms with Gasteiger partial charge in [-0.3, -0.25) is 0 Å².